The molecule has 0 saturated heterocycles. The molecule has 0 aliphatic carbocycles. The maximum Gasteiger partial charge on any atom is 0.306 e. The molecule has 0 spiro atoms. The molecule has 0 rings (SSSR count). The van der Waals surface area contributed by atoms with Crippen molar-refractivity contribution in [3.63, 3.8) is 0 Å². The lowest BCUT2D eigenvalue weighted by atomic mass is 9.76. The highest BCUT2D eigenvalue weighted by molar-refractivity contribution is 5.70. The SMILES string of the molecule is CC(C(=O)O)C(C)(C)CCCCCC(=O)O. The molecule has 0 bridgehead atoms. The average molecular weight is 230 g/mol. The molecule has 16 heavy (non-hydrogen) atoms. The number of carbonyl (C=O) groups is 2. The summed E-state index contributed by atoms with van der Waals surface area (Å²) in [6.07, 6.45) is 3.43. The van der Waals surface area contributed by atoms with Crippen molar-refractivity contribution in [2.75, 3.05) is 0 Å². The second kappa shape index (κ2) is 6.51. The number of rotatable bonds is 8. The second-order valence-corrected chi connectivity index (χ2v) is 5.00. The van der Waals surface area contributed by atoms with Crippen LogP contribution in [0.1, 0.15) is 52.9 Å². The van der Waals surface area contributed by atoms with E-state index < -0.39 is 11.9 Å². The van der Waals surface area contributed by atoms with Gasteiger partial charge in [0.2, 0.25) is 0 Å². The Kier molecular flexibility index (Phi) is 6.08. The van der Waals surface area contributed by atoms with Crippen molar-refractivity contribution in [2.24, 2.45) is 11.3 Å². The van der Waals surface area contributed by atoms with E-state index in [0.29, 0.717) is 6.42 Å². The molecule has 0 heterocycles. The highest BCUT2D eigenvalue weighted by atomic mass is 16.4. The van der Waals surface area contributed by atoms with Gasteiger partial charge in [-0.1, -0.05) is 33.6 Å². The predicted molar refractivity (Wildman–Crippen MR) is 61.3 cm³/mol. The molecule has 0 fully saturated rings. The minimum atomic E-state index is -0.768. The third kappa shape index (κ3) is 5.73. The molecule has 0 aromatic heterocycles. The first kappa shape index (κ1) is 14.9. The molecule has 4 nitrogen and oxygen atoms in total. The predicted octanol–water partition coefficient (Wildman–Crippen LogP) is 2.77. The van der Waals surface area contributed by atoms with Crippen LogP contribution in [-0.4, -0.2) is 22.2 Å². The fourth-order valence-corrected chi connectivity index (χ4v) is 1.58. The normalized spacial score (nSPS) is 13.4. The van der Waals surface area contributed by atoms with Gasteiger partial charge in [-0.05, 0) is 18.3 Å². The summed E-state index contributed by atoms with van der Waals surface area (Å²) < 4.78 is 0. The maximum atomic E-state index is 10.8. The summed E-state index contributed by atoms with van der Waals surface area (Å²) in [5.74, 6) is -1.90. The van der Waals surface area contributed by atoms with Gasteiger partial charge in [0.15, 0.2) is 0 Å². The van der Waals surface area contributed by atoms with E-state index in [1.54, 1.807) is 6.92 Å². The van der Waals surface area contributed by atoms with E-state index in [1.165, 1.54) is 0 Å². The Balaban J connectivity index is 3.82. The van der Waals surface area contributed by atoms with Crippen LogP contribution in [0.5, 0.6) is 0 Å². The van der Waals surface area contributed by atoms with E-state index in [1.807, 2.05) is 13.8 Å². The molecule has 0 amide bonds. The molecular weight excluding hydrogens is 208 g/mol. The van der Waals surface area contributed by atoms with E-state index in [-0.39, 0.29) is 17.8 Å². The van der Waals surface area contributed by atoms with Crippen molar-refractivity contribution in [3.8, 4) is 0 Å². The number of hydrogen-bond donors (Lipinski definition) is 2. The molecule has 4 heteroatoms. The molecule has 0 aliphatic rings. The Morgan fingerprint density at radius 3 is 2.12 bits per heavy atom. The zero-order chi connectivity index (χ0) is 12.8. The van der Waals surface area contributed by atoms with Crippen LogP contribution >= 0.6 is 0 Å². The van der Waals surface area contributed by atoms with Gasteiger partial charge in [0.05, 0.1) is 5.92 Å². The number of hydrogen-bond acceptors (Lipinski definition) is 2. The van der Waals surface area contributed by atoms with Crippen molar-refractivity contribution in [2.45, 2.75) is 52.9 Å². The van der Waals surface area contributed by atoms with E-state index >= 15 is 0 Å². The lowest BCUT2D eigenvalue weighted by Gasteiger charge is -2.28. The van der Waals surface area contributed by atoms with Gasteiger partial charge < -0.3 is 10.2 Å². The average Bonchev–Trinajstić information content (AvgIpc) is 2.15. The minimum absolute atomic E-state index is 0.203. The topological polar surface area (TPSA) is 74.6 Å². The first-order valence-electron chi connectivity index (χ1n) is 5.72. The Morgan fingerprint density at radius 1 is 1.12 bits per heavy atom. The largest absolute Gasteiger partial charge is 0.481 e. The highest BCUT2D eigenvalue weighted by Gasteiger charge is 2.30. The Morgan fingerprint density at radius 2 is 1.69 bits per heavy atom. The van der Waals surface area contributed by atoms with Crippen LogP contribution in [0.3, 0.4) is 0 Å². The van der Waals surface area contributed by atoms with Crippen LogP contribution in [0.4, 0.5) is 0 Å². The summed E-state index contributed by atoms with van der Waals surface area (Å²) in [7, 11) is 0. The lowest BCUT2D eigenvalue weighted by Crippen LogP contribution is -2.28. The van der Waals surface area contributed by atoms with Crippen LogP contribution in [0.2, 0.25) is 0 Å². The van der Waals surface area contributed by atoms with Crippen molar-refractivity contribution in [3.05, 3.63) is 0 Å². The first-order valence-corrected chi connectivity index (χ1v) is 5.72. The Labute approximate surface area is 96.7 Å². The molecule has 2 N–H and O–H groups in total. The summed E-state index contributed by atoms with van der Waals surface area (Å²) in [6, 6.07) is 0. The van der Waals surface area contributed by atoms with Gasteiger partial charge >= 0.3 is 11.9 Å². The third-order valence-electron chi connectivity index (χ3n) is 3.25. The van der Waals surface area contributed by atoms with Crippen LogP contribution < -0.4 is 0 Å². The van der Waals surface area contributed by atoms with Gasteiger partial charge in [-0.15, -0.1) is 0 Å². The van der Waals surface area contributed by atoms with Gasteiger partial charge in [-0.3, -0.25) is 9.59 Å². The van der Waals surface area contributed by atoms with Gasteiger partial charge in [-0.2, -0.15) is 0 Å². The van der Waals surface area contributed by atoms with Crippen molar-refractivity contribution in [1.29, 1.82) is 0 Å². The van der Waals surface area contributed by atoms with Gasteiger partial charge in [0.1, 0.15) is 0 Å². The van der Waals surface area contributed by atoms with Crippen LogP contribution in [0.15, 0.2) is 0 Å². The molecule has 0 radical (unpaired) electrons. The van der Waals surface area contributed by atoms with Gasteiger partial charge in [-0.25, -0.2) is 0 Å². The molecule has 94 valence electrons. The number of carboxylic acid groups (broad SMARTS) is 2. The minimum Gasteiger partial charge on any atom is -0.481 e. The van der Waals surface area contributed by atoms with Gasteiger partial charge in [0, 0.05) is 6.42 Å². The summed E-state index contributed by atoms with van der Waals surface area (Å²) in [5.41, 5.74) is -0.227. The van der Waals surface area contributed by atoms with Crippen LogP contribution in [0.25, 0.3) is 0 Å². The molecule has 0 aliphatic heterocycles. The lowest BCUT2D eigenvalue weighted by molar-refractivity contribution is -0.145. The summed E-state index contributed by atoms with van der Waals surface area (Å²) >= 11 is 0. The van der Waals surface area contributed by atoms with E-state index in [2.05, 4.69) is 0 Å². The van der Waals surface area contributed by atoms with Crippen molar-refractivity contribution in [1.82, 2.24) is 0 Å². The van der Waals surface area contributed by atoms with Crippen LogP contribution in [-0.2, 0) is 9.59 Å². The molecule has 0 aromatic carbocycles. The summed E-state index contributed by atoms with van der Waals surface area (Å²) in [5, 5.41) is 17.4. The van der Waals surface area contributed by atoms with E-state index in [4.69, 9.17) is 10.2 Å². The van der Waals surface area contributed by atoms with Crippen molar-refractivity contribution >= 4 is 11.9 Å². The number of aliphatic carboxylic acids is 2. The summed E-state index contributed by atoms with van der Waals surface area (Å²) in [6.45, 7) is 5.62. The monoisotopic (exact) mass is 230 g/mol. The first-order chi connectivity index (χ1) is 7.27. The molecule has 0 aromatic rings. The third-order valence-corrected chi connectivity index (χ3v) is 3.25. The Bertz CT molecular complexity index is 245. The second-order valence-electron chi connectivity index (χ2n) is 5.00. The van der Waals surface area contributed by atoms with Crippen LogP contribution in [0, 0.1) is 11.3 Å². The molecule has 1 unspecified atom stereocenters. The quantitative estimate of drug-likeness (QED) is 0.629. The maximum absolute atomic E-state index is 10.8. The zero-order valence-corrected chi connectivity index (χ0v) is 10.3. The van der Waals surface area contributed by atoms with E-state index in [9.17, 15) is 9.59 Å². The van der Waals surface area contributed by atoms with Crippen molar-refractivity contribution < 1.29 is 19.8 Å². The fourth-order valence-electron chi connectivity index (χ4n) is 1.58. The fraction of sp³-hybridized carbons (Fsp3) is 0.833. The highest BCUT2D eigenvalue weighted by Crippen LogP contribution is 2.32. The number of carboxylic acids is 2. The van der Waals surface area contributed by atoms with Gasteiger partial charge in [0.25, 0.3) is 0 Å². The zero-order valence-electron chi connectivity index (χ0n) is 10.3. The summed E-state index contributed by atoms with van der Waals surface area (Å²) in [4.78, 5) is 21.1. The number of unbranched alkanes of at least 4 members (excludes halogenated alkanes) is 2. The molecule has 1 atom stereocenters. The van der Waals surface area contributed by atoms with E-state index in [0.717, 1.165) is 19.3 Å². The Hall–Kier alpha value is -1.06. The standard InChI is InChI=1S/C12H22O4/c1-9(11(15)16)12(2,3)8-6-4-5-7-10(13)14/h9H,4-8H2,1-3H3,(H,13,14)(H,15,16). The smallest absolute Gasteiger partial charge is 0.306 e. The molecule has 0 saturated carbocycles. The molecular formula is C12H22O4.